The van der Waals surface area contributed by atoms with Gasteiger partial charge in [0.05, 0.1) is 23.8 Å². The molecule has 0 unspecified atom stereocenters. The largest absolute Gasteiger partial charge is 0.497 e. The Morgan fingerprint density at radius 3 is 2.12 bits per heavy atom. The number of benzene rings is 1. The molecule has 1 fully saturated rings. The number of nitrogens with zero attached hydrogens (tertiary/aromatic N) is 3. The lowest BCUT2D eigenvalue weighted by Crippen LogP contribution is -2.50. The van der Waals surface area contributed by atoms with Crippen LogP contribution in [0.1, 0.15) is 19.3 Å². The molecule has 1 heterocycles. The molecule has 0 amide bonds. The van der Waals surface area contributed by atoms with E-state index in [4.69, 9.17) is 10.00 Å². The molecule has 0 radical (unpaired) electrons. The number of sulfonamides is 2. The quantitative estimate of drug-likeness (QED) is 0.602. The molecular weight excluding hydrogens is 378 g/mol. The number of nitriles is 1. The molecule has 2 rings (SSSR count). The van der Waals surface area contributed by atoms with Gasteiger partial charge >= 0.3 is 0 Å². The van der Waals surface area contributed by atoms with Crippen molar-refractivity contribution in [2.24, 2.45) is 0 Å². The van der Waals surface area contributed by atoms with E-state index in [0.717, 1.165) is 0 Å². The number of methoxy groups -OCH3 is 1. The zero-order chi connectivity index (χ0) is 19.2. The lowest BCUT2D eigenvalue weighted by atomic mass is 10.3. The first-order chi connectivity index (χ1) is 12.3. The topological polar surface area (TPSA) is 108 Å². The van der Waals surface area contributed by atoms with Crippen molar-refractivity contribution in [1.29, 1.82) is 5.26 Å². The van der Waals surface area contributed by atoms with E-state index in [1.165, 1.54) is 27.9 Å². The summed E-state index contributed by atoms with van der Waals surface area (Å²) in [4.78, 5) is 0.158. The minimum absolute atomic E-state index is 0.0140. The number of hydrogen-bond acceptors (Lipinski definition) is 6. The van der Waals surface area contributed by atoms with Crippen molar-refractivity contribution in [2.45, 2.75) is 24.2 Å². The third kappa shape index (κ3) is 4.94. The van der Waals surface area contributed by atoms with Crippen LogP contribution >= 0.6 is 0 Å². The molecule has 1 aromatic carbocycles. The predicted octanol–water partition coefficient (Wildman–Crippen LogP) is 1.03. The van der Waals surface area contributed by atoms with E-state index in [-0.39, 0.29) is 36.8 Å². The molecule has 0 N–H and O–H groups in total. The molecule has 0 aliphatic carbocycles. The summed E-state index contributed by atoms with van der Waals surface area (Å²) in [5, 5.41) is 8.49. The number of hydrogen-bond donors (Lipinski definition) is 0. The van der Waals surface area contributed by atoms with E-state index in [1.54, 1.807) is 12.1 Å². The second-order valence-electron chi connectivity index (χ2n) is 5.91. The smallest absolute Gasteiger partial charge is 0.243 e. The first kappa shape index (κ1) is 20.6. The Bertz CT molecular complexity index is 837. The van der Waals surface area contributed by atoms with Gasteiger partial charge in [-0.25, -0.2) is 16.8 Å². The molecule has 0 atom stereocenters. The van der Waals surface area contributed by atoms with Gasteiger partial charge in [0, 0.05) is 32.6 Å². The van der Waals surface area contributed by atoms with Gasteiger partial charge in [0.1, 0.15) is 5.75 Å². The van der Waals surface area contributed by atoms with Crippen LogP contribution in [0.4, 0.5) is 0 Å². The van der Waals surface area contributed by atoms with Gasteiger partial charge < -0.3 is 4.74 Å². The summed E-state index contributed by atoms with van der Waals surface area (Å²) in [6, 6.07) is 8.10. The molecule has 1 aliphatic rings. The summed E-state index contributed by atoms with van der Waals surface area (Å²) < 4.78 is 57.6. The molecule has 8 nitrogen and oxygen atoms in total. The zero-order valence-corrected chi connectivity index (χ0v) is 16.3. The lowest BCUT2D eigenvalue weighted by molar-refractivity contribution is 0.272. The Balaban J connectivity index is 1.97. The molecule has 26 heavy (non-hydrogen) atoms. The van der Waals surface area contributed by atoms with Gasteiger partial charge in [-0.2, -0.15) is 13.9 Å². The van der Waals surface area contributed by atoms with Gasteiger partial charge in [0.2, 0.25) is 20.0 Å². The van der Waals surface area contributed by atoms with Crippen molar-refractivity contribution in [3.05, 3.63) is 24.3 Å². The number of unbranched alkanes of at least 4 members (excludes halogenated alkanes) is 2. The highest BCUT2D eigenvalue weighted by molar-refractivity contribution is 7.89. The van der Waals surface area contributed by atoms with E-state index >= 15 is 0 Å². The number of ether oxygens (including phenoxy) is 1. The van der Waals surface area contributed by atoms with Crippen molar-refractivity contribution >= 4 is 20.0 Å². The maximum Gasteiger partial charge on any atom is 0.243 e. The standard InChI is InChI=1S/C16H23N3O5S2/c1-24-15-5-7-16(8-6-15)26(22,23)19-12-10-18(11-13-19)25(20,21)14-4-2-3-9-17/h5-8H,2-4,10-14H2,1H3. The van der Waals surface area contributed by atoms with Gasteiger partial charge in [-0.05, 0) is 37.1 Å². The molecule has 1 aromatic rings. The average Bonchev–Trinajstić information content (AvgIpc) is 2.65. The Kier molecular flexibility index (Phi) is 7.00. The normalized spacial score (nSPS) is 16.9. The van der Waals surface area contributed by atoms with E-state index in [9.17, 15) is 16.8 Å². The Morgan fingerprint density at radius 2 is 1.58 bits per heavy atom. The molecule has 0 aromatic heterocycles. The first-order valence-corrected chi connectivity index (χ1v) is 11.3. The van der Waals surface area contributed by atoms with Crippen LogP contribution in [0, 0.1) is 11.3 Å². The van der Waals surface area contributed by atoms with E-state index in [0.29, 0.717) is 25.0 Å². The lowest BCUT2D eigenvalue weighted by Gasteiger charge is -2.33. The predicted molar refractivity (Wildman–Crippen MR) is 96.6 cm³/mol. The molecular formula is C16H23N3O5S2. The maximum absolute atomic E-state index is 12.7. The summed E-state index contributed by atoms with van der Waals surface area (Å²) in [6.45, 7) is 0.503. The van der Waals surface area contributed by atoms with Crippen LogP contribution in [0.15, 0.2) is 29.2 Å². The second kappa shape index (κ2) is 8.81. The van der Waals surface area contributed by atoms with Crippen molar-refractivity contribution in [2.75, 3.05) is 39.0 Å². The number of rotatable bonds is 8. The SMILES string of the molecule is COc1ccc(S(=O)(=O)N2CCN(S(=O)(=O)CCCCC#N)CC2)cc1. The molecule has 1 saturated heterocycles. The fraction of sp³-hybridized carbons (Fsp3) is 0.562. The molecule has 0 saturated carbocycles. The van der Waals surface area contributed by atoms with E-state index in [2.05, 4.69) is 0 Å². The molecule has 0 spiro atoms. The zero-order valence-electron chi connectivity index (χ0n) is 14.7. The van der Waals surface area contributed by atoms with Crippen molar-refractivity contribution in [1.82, 2.24) is 8.61 Å². The fourth-order valence-electron chi connectivity index (χ4n) is 2.70. The third-order valence-corrected chi connectivity index (χ3v) is 8.10. The van der Waals surface area contributed by atoms with Gasteiger partial charge in [-0.3, -0.25) is 0 Å². The van der Waals surface area contributed by atoms with Gasteiger partial charge in [0.25, 0.3) is 0 Å². The van der Waals surface area contributed by atoms with E-state index in [1.807, 2.05) is 6.07 Å². The highest BCUT2D eigenvalue weighted by atomic mass is 32.2. The minimum Gasteiger partial charge on any atom is -0.497 e. The first-order valence-electron chi connectivity index (χ1n) is 8.30. The Morgan fingerprint density at radius 1 is 1.00 bits per heavy atom. The van der Waals surface area contributed by atoms with Crippen LogP contribution in [0.25, 0.3) is 0 Å². The number of piperazine rings is 1. The molecule has 1 aliphatic heterocycles. The second-order valence-corrected chi connectivity index (χ2v) is 9.94. The summed E-state index contributed by atoms with van der Waals surface area (Å²) >= 11 is 0. The molecule has 10 heteroatoms. The Labute approximate surface area is 155 Å². The van der Waals surface area contributed by atoms with Crippen LogP contribution in [0.2, 0.25) is 0 Å². The van der Waals surface area contributed by atoms with Gasteiger partial charge in [-0.1, -0.05) is 0 Å². The highest BCUT2D eigenvalue weighted by Gasteiger charge is 2.32. The summed E-state index contributed by atoms with van der Waals surface area (Å²) in [5.41, 5.74) is 0. The Hall–Kier alpha value is -1.67. The minimum atomic E-state index is -3.66. The third-order valence-electron chi connectivity index (χ3n) is 4.23. The molecule has 0 bridgehead atoms. The van der Waals surface area contributed by atoms with Crippen molar-refractivity contribution in [3.8, 4) is 11.8 Å². The molecule has 144 valence electrons. The maximum atomic E-state index is 12.7. The summed E-state index contributed by atoms with van der Waals surface area (Å²) in [7, 11) is -5.58. The average molecular weight is 402 g/mol. The van der Waals surface area contributed by atoms with Crippen LogP contribution in [0.3, 0.4) is 0 Å². The van der Waals surface area contributed by atoms with Gasteiger partial charge in [0.15, 0.2) is 0 Å². The fourth-order valence-corrected chi connectivity index (χ4v) is 5.67. The summed E-state index contributed by atoms with van der Waals surface area (Å²) in [6.07, 6.45) is 1.31. The van der Waals surface area contributed by atoms with Crippen molar-refractivity contribution in [3.63, 3.8) is 0 Å². The van der Waals surface area contributed by atoms with Crippen LogP contribution in [-0.4, -0.2) is 64.5 Å². The van der Waals surface area contributed by atoms with Gasteiger partial charge in [-0.15, -0.1) is 0 Å². The monoisotopic (exact) mass is 401 g/mol. The summed E-state index contributed by atoms with van der Waals surface area (Å²) in [5.74, 6) is 0.552. The van der Waals surface area contributed by atoms with Crippen molar-refractivity contribution < 1.29 is 21.6 Å². The van der Waals surface area contributed by atoms with Crippen LogP contribution < -0.4 is 4.74 Å². The van der Waals surface area contributed by atoms with E-state index < -0.39 is 20.0 Å². The van der Waals surface area contributed by atoms with Crippen LogP contribution in [-0.2, 0) is 20.0 Å². The highest BCUT2D eigenvalue weighted by Crippen LogP contribution is 2.21. The van der Waals surface area contributed by atoms with Crippen LogP contribution in [0.5, 0.6) is 5.75 Å².